The van der Waals surface area contributed by atoms with Crippen molar-refractivity contribution in [2.45, 2.75) is 141 Å². The summed E-state index contributed by atoms with van der Waals surface area (Å²) in [7, 11) is 6.13. The number of ether oxygens (including phenoxy) is 3. The van der Waals surface area contributed by atoms with Crippen molar-refractivity contribution in [3.63, 3.8) is 0 Å². The van der Waals surface area contributed by atoms with Gasteiger partial charge in [-0.05, 0) is 55.4 Å². The second-order valence-electron chi connectivity index (χ2n) is 16.8. The molecule has 11 atom stereocenters. The molecular weight excluding hydrogens is 803 g/mol. The van der Waals surface area contributed by atoms with E-state index in [1.807, 2.05) is 58.0 Å². The van der Waals surface area contributed by atoms with Crippen LogP contribution >= 0.6 is 0 Å². The highest BCUT2D eigenvalue weighted by Crippen LogP contribution is 2.35. The first-order valence-electron chi connectivity index (χ1n) is 21.1. The molecule has 1 aromatic carbocycles. The number of hydrogen-bond donors (Lipinski definition) is 4. The van der Waals surface area contributed by atoms with Gasteiger partial charge in [-0.2, -0.15) is 13.2 Å². The molecule has 2 aliphatic heterocycles. The van der Waals surface area contributed by atoms with Gasteiger partial charge in [-0.25, -0.2) is 9.59 Å². The van der Waals surface area contributed by atoms with Crippen LogP contribution in [0.3, 0.4) is 0 Å². The summed E-state index contributed by atoms with van der Waals surface area (Å²) < 4.78 is 48.7. The number of methoxy groups -OCH3 is 3. The first kappa shape index (κ1) is 51.1. The lowest BCUT2D eigenvalue weighted by molar-refractivity contribution is -0.192. The van der Waals surface area contributed by atoms with Crippen molar-refractivity contribution in [2.24, 2.45) is 23.7 Å². The van der Waals surface area contributed by atoms with Gasteiger partial charge in [0.1, 0.15) is 12.1 Å². The van der Waals surface area contributed by atoms with E-state index < -0.39 is 54.4 Å². The molecule has 4 N–H and O–H groups in total. The Kier molecular flexibility index (Phi) is 19.5. The number of rotatable bonds is 19. The molecule has 0 unspecified atom stereocenters. The second-order valence-corrected chi connectivity index (χ2v) is 16.8. The lowest BCUT2D eigenvalue weighted by Crippen LogP contribution is -2.60. The molecular formula is C43H66F3N5O10. The first-order chi connectivity index (χ1) is 28.7. The maximum atomic E-state index is 14.2. The highest BCUT2D eigenvalue weighted by molar-refractivity contribution is 5.91. The first-order valence-corrected chi connectivity index (χ1v) is 21.1. The van der Waals surface area contributed by atoms with Crippen LogP contribution in [0.25, 0.3) is 0 Å². The molecule has 15 nitrogen and oxygen atoms in total. The SMILES string of the molecule is CC[C@H](C)[C@@H]([C@@H](CC(=O)N1CCC[C@H]1[C@H](OC)[C@@H](C)C(=O)N[C@@H](Cc1ccccc1)C(=O)OC)OC)N(C)C(=O)[C@@H](NC(=O)[C@H]1N[C@@H]2CC[C@H]1C2)C(C)C.O=C(O)C(F)(F)F. The summed E-state index contributed by atoms with van der Waals surface area (Å²) in [6.07, 6.45) is -0.826. The van der Waals surface area contributed by atoms with E-state index in [2.05, 4.69) is 16.0 Å². The predicted molar refractivity (Wildman–Crippen MR) is 219 cm³/mol. The zero-order chi connectivity index (χ0) is 45.8. The third-order valence-corrected chi connectivity index (χ3v) is 12.5. The highest BCUT2D eigenvalue weighted by Gasteiger charge is 2.46. The number of carboxylic acids is 1. The summed E-state index contributed by atoms with van der Waals surface area (Å²) in [6, 6.07) is 7.05. The van der Waals surface area contributed by atoms with Gasteiger partial charge in [0, 0.05) is 40.3 Å². The van der Waals surface area contributed by atoms with Crippen LogP contribution < -0.4 is 16.0 Å². The molecule has 61 heavy (non-hydrogen) atoms. The van der Waals surface area contributed by atoms with Crippen LogP contribution in [-0.2, 0) is 49.4 Å². The number of aliphatic carboxylic acids is 1. The number of carbonyl (C=O) groups is 6. The lowest BCUT2D eigenvalue weighted by Gasteiger charge is -2.41. The minimum absolute atomic E-state index is 0.0177. The largest absolute Gasteiger partial charge is 0.490 e. The smallest absolute Gasteiger partial charge is 0.475 e. The molecule has 3 fully saturated rings. The van der Waals surface area contributed by atoms with E-state index in [9.17, 15) is 37.1 Å². The number of likely N-dealkylation sites (tertiary alicyclic amines) is 1. The van der Waals surface area contributed by atoms with Crippen LogP contribution in [0.15, 0.2) is 30.3 Å². The van der Waals surface area contributed by atoms with Crippen LogP contribution in [0.2, 0.25) is 0 Å². The number of halogens is 3. The van der Waals surface area contributed by atoms with Crippen molar-refractivity contribution in [2.75, 3.05) is 34.9 Å². The van der Waals surface area contributed by atoms with Gasteiger partial charge in [-0.15, -0.1) is 0 Å². The zero-order valence-electron chi connectivity index (χ0n) is 36.8. The summed E-state index contributed by atoms with van der Waals surface area (Å²) in [4.78, 5) is 80.5. The zero-order valence-corrected chi connectivity index (χ0v) is 36.8. The molecule has 2 heterocycles. The average molecular weight is 870 g/mol. The quantitative estimate of drug-likeness (QED) is 0.148. The average Bonchev–Trinajstić information content (AvgIpc) is 4.01. The summed E-state index contributed by atoms with van der Waals surface area (Å²) >= 11 is 0. The highest BCUT2D eigenvalue weighted by atomic mass is 19.4. The fourth-order valence-electron chi connectivity index (χ4n) is 8.92. The molecule has 1 aliphatic carbocycles. The number of nitrogens with zero attached hydrogens (tertiary/aromatic N) is 2. The van der Waals surface area contributed by atoms with Crippen molar-refractivity contribution < 1.29 is 61.3 Å². The number of fused-ring (bicyclic) bond motifs is 2. The maximum Gasteiger partial charge on any atom is 0.490 e. The van der Waals surface area contributed by atoms with Crippen LogP contribution in [-0.4, -0.2) is 140 Å². The summed E-state index contributed by atoms with van der Waals surface area (Å²) in [6.45, 7) is 10.2. The Morgan fingerprint density at radius 2 is 1.61 bits per heavy atom. The van der Waals surface area contributed by atoms with Gasteiger partial charge >= 0.3 is 18.1 Å². The van der Waals surface area contributed by atoms with Gasteiger partial charge in [0.15, 0.2) is 0 Å². The van der Waals surface area contributed by atoms with E-state index in [1.165, 1.54) is 14.2 Å². The minimum atomic E-state index is -5.08. The fraction of sp³-hybridized carbons (Fsp3) is 0.721. The topological polar surface area (TPSA) is 193 Å². The van der Waals surface area contributed by atoms with Gasteiger partial charge in [0.25, 0.3) is 0 Å². The maximum absolute atomic E-state index is 14.2. The van der Waals surface area contributed by atoms with Crippen molar-refractivity contribution in [3.8, 4) is 0 Å². The number of alkyl halides is 3. The van der Waals surface area contributed by atoms with E-state index in [0.29, 0.717) is 24.9 Å². The summed E-state index contributed by atoms with van der Waals surface area (Å²) in [5, 5.41) is 16.5. The molecule has 4 amide bonds. The number of piperidine rings is 1. The Balaban J connectivity index is 0.00000130. The van der Waals surface area contributed by atoms with E-state index >= 15 is 0 Å². The van der Waals surface area contributed by atoms with Gasteiger partial charge in [-0.1, -0.05) is 71.4 Å². The van der Waals surface area contributed by atoms with Gasteiger partial charge in [0.2, 0.25) is 23.6 Å². The molecule has 0 spiro atoms. The number of hydrogen-bond acceptors (Lipinski definition) is 10. The Morgan fingerprint density at radius 1 is 0.967 bits per heavy atom. The Morgan fingerprint density at radius 3 is 2.10 bits per heavy atom. The van der Waals surface area contributed by atoms with Crippen molar-refractivity contribution in [3.05, 3.63) is 35.9 Å². The number of likely N-dealkylation sites (N-methyl/N-ethyl adjacent to an activating group) is 1. The predicted octanol–water partition coefficient (Wildman–Crippen LogP) is 3.72. The van der Waals surface area contributed by atoms with E-state index in [1.54, 1.807) is 30.9 Å². The Labute approximate surface area is 357 Å². The van der Waals surface area contributed by atoms with E-state index in [-0.39, 0.29) is 60.4 Å². The fourth-order valence-corrected chi connectivity index (χ4v) is 8.92. The van der Waals surface area contributed by atoms with Gasteiger partial charge < -0.3 is 45.1 Å². The summed E-state index contributed by atoms with van der Waals surface area (Å²) in [5.74, 6) is -4.73. The Bertz CT molecular complexity index is 1630. The van der Waals surface area contributed by atoms with Crippen molar-refractivity contribution >= 4 is 35.6 Å². The number of carboxylic acid groups (broad SMARTS) is 1. The Hall–Kier alpha value is -4.29. The molecule has 3 aliphatic rings. The molecule has 0 aromatic heterocycles. The molecule has 2 saturated heterocycles. The van der Waals surface area contributed by atoms with Gasteiger partial charge in [0.05, 0.1) is 49.8 Å². The molecule has 1 aromatic rings. The summed E-state index contributed by atoms with van der Waals surface area (Å²) in [5.41, 5.74) is 0.880. The number of benzene rings is 1. The number of carbonyl (C=O) groups excluding carboxylic acids is 5. The van der Waals surface area contributed by atoms with Gasteiger partial charge in [-0.3, -0.25) is 19.2 Å². The van der Waals surface area contributed by atoms with Crippen molar-refractivity contribution in [1.29, 1.82) is 0 Å². The standard InChI is InChI=1S/C41H65N5O8.C2HF3O2/c1-10-25(4)36(45(6)40(50)34(24(2)3)44-39(49)35-28-18-19-29(22-28)42-35)32(52-7)23-33(47)46-20-14-17-31(46)37(53-8)26(5)38(48)43-30(41(51)54-9)21-27-15-12-11-13-16-27;3-2(4,5)1(6)7/h11-13,15-16,24-26,28-32,34-37,42H,10,14,17-23H2,1-9H3,(H,43,48)(H,44,49);(H,6,7)/t25-,26+,28-,29+,30-,31-,32+,34-,35-,36-,37+;/m0./s1. The molecule has 0 radical (unpaired) electrons. The number of amides is 4. The second kappa shape index (κ2) is 23.2. The normalized spacial score (nSPS) is 23.1. The van der Waals surface area contributed by atoms with Crippen molar-refractivity contribution in [1.82, 2.24) is 25.8 Å². The number of esters is 1. The van der Waals surface area contributed by atoms with Crippen LogP contribution in [0, 0.1) is 23.7 Å². The van der Waals surface area contributed by atoms with E-state index in [4.69, 9.17) is 24.1 Å². The monoisotopic (exact) mass is 869 g/mol. The molecule has 2 bridgehead atoms. The van der Waals surface area contributed by atoms with Crippen LogP contribution in [0.1, 0.15) is 85.1 Å². The van der Waals surface area contributed by atoms with Crippen LogP contribution in [0.5, 0.6) is 0 Å². The number of nitrogens with one attached hydrogen (secondary N) is 3. The molecule has 4 rings (SSSR count). The minimum Gasteiger partial charge on any atom is -0.475 e. The molecule has 1 saturated carbocycles. The van der Waals surface area contributed by atoms with Crippen LogP contribution in [0.4, 0.5) is 13.2 Å². The van der Waals surface area contributed by atoms with E-state index in [0.717, 1.165) is 37.7 Å². The molecule has 18 heteroatoms. The third kappa shape index (κ3) is 13.6. The molecule has 344 valence electrons. The third-order valence-electron chi connectivity index (χ3n) is 12.5. The lowest BCUT2D eigenvalue weighted by atomic mass is 9.89.